The summed E-state index contributed by atoms with van der Waals surface area (Å²) in [6.45, 7) is 1.83. The van der Waals surface area contributed by atoms with Crippen LogP contribution in [0.5, 0.6) is 5.75 Å². The van der Waals surface area contributed by atoms with E-state index in [-0.39, 0.29) is 11.9 Å². The fourth-order valence-electron chi connectivity index (χ4n) is 3.34. The zero-order chi connectivity index (χ0) is 16.4. The molecule has 1 N–H and O–H groups in total. The fourth-order valence-corrected chi connectivity index (χ4v) is 3.34. The van der Waals surface area contributed by atoms with E-state index < -0.39 is 0 Å². The van der Waals surface area contributed by atoms with Crippen LogP contribution in [0.25, 0.3) is 10.8 Å². The molecule has 2 heterocycles. The summed E-state index contributed by atoms with van der Waals surface area (Å²) in [5.74, 6) is 0.778. The largest absolute Gasteiger partial charge is 0.485 e. The van der Waals surface area contributed by atoms with Gasteiger partial charge in [0.05, 0.1) is 6.20 Å². The van der Waals surface area contributed by atoms with Crippen molar-refractivity contribution in [2.75, 3.05) is 13.1 Å². The van der Waals surface area contributed by atoms with Crippen molar-refractivity contribution >= 4 is 10.8 Å². The molecule has 122 valence electrons. The summed E-state index contributed by atoms with van der Waals surface area (Å²) in [5.41, 5.74) is 0.789. The smallest absolute Gasteiger partial charge is 0.141 e. The maximum absolute atomic E-state index is 13.6. The molecule has 4 heteroatoms. The molecule has 0 spiro atoms. The number of hydrogen-bond donors (Lipinski definition) is 1. The Morgan fingerprint density at radius 2 is 1.96 bits per heavy atom. The number of nitrogens with zero attached hydrogens (tertiary/aromatic N) is 1. The van der Waals surface area contributed by atoms with Gasteiger partial charge in [0.15, 0.2) is 0 Å². The van der Waals surface area contributed by atoms with Gasteiger partial charge in [-0.2, -0.15) is 0 Å². The van der Waals surface area contributed by atoms with Crippen LogP contribution in [0.1, 0.15) is 18.1 Å². The minimum Gasteiger partial charge on any atom is -0.485 e. The first-order chi connectivity index (χ1) is 11.8. The van der Waals surface area contributed by atoms with Gasteiger partial charge in [0.1, 0.15) is 17.7 Å². The zero-order valence-electron chi connectivity index (χ0n) is 13.3. The number of pyridine rings is 1. The highest BCUT2D eigenvalue weighted by Crippen LogP contribution is 2.33. The molecule has 0 unspecified atom stereocenters. The number of aromatic nitrogens is 1. The number of halogens is 1. The third-order valence-electron chi connectivity index (χ3n) is 4.57. The van der Waals surface area contributed by atoms with Crippen LogP contribution in [0.4, 0.5) is 4.39 Å². The molecule has 24 heavy (non-hydrogen) atoms. The lowest BCUT2D eigenvalue weighted by Crippen LogP contribution is -2.21. The standard InChI is InChI=1S/C20H19FN2O/c21-18-9-17(12-23-13-18)20(16-7-8-22-11-16)24-19-6-5-14-3-1-2-4-15(14)10-19/h1-6,9-10,12-13,16,20,22H,7-8,11H2/t16-,20+/m0/s1. The maximum Gasteiger partial charge on any atom is 0.141 e. The number of hydrogen-bond acceptors (Lipinski definition) is 3. The van der Waals surface area contributed by atoms with Gasteiger partial charge in [-0.15, -0.1) is 0 Å². The summed E-state index contributed by atoms with van der Waals surface area (Å²) >= 11 is 0. The van der Waals surface area contributed by atoms with Crippen LogP contribution in [0.2, 0.25) is 0 Å². The predicted molar refractivity (Wildman–Crippen MR) is 92.5 cm³/mol. The highest BCUT2D eigenvalue weighted by atomic mass is 19.1. The number of fused-ring (bicyclic) bond motifs is 1. The van der Waals surface area contributed by atoms with E-state index in [1.54, 1.807) is 6.20 Å². The maximum atomic E-state index is 13.6. The van der Waals surface area contributed by atoms with Crippen molar-refractivity contribution in [2.24, 2.45) is 5.92 Å². The Bertz CT molecular complexity index is 846. The Balaban J connectivity index is 1.67. The molecule has 1 aromatic heterocycles. The quantitative estimate of drug-likeness (QED) is 0.785. The molecule has 1 aliphatic heterocycles. The van der Waals surface area contributed by atoms with Crippen LogP contribution >= 0.6 is 0 Å². The van der Waals surface area contributed by atoms with Crippen molar-refractivity contribution in [3.05, 3.63) is 72.3 Å². The van der Waals surface area contributed by atoms with Gasteiger partial charge < -0.3 is 10.1 Å². The molecule has 1 aliphatic rings. The first-order valence-electron chi connectivity index (χ1n) is 8.26. The van der Waals surface area contributed by atoms with E-state index in [0.717, 1.165) is 36.2 Å². The van der Waals surface area contributed by atoms with Crippen LogP contribution in [-0.2, 0) is 0 Å². The monoisotopic (exact) mass is 322 g/mol. The lowest BCUT2D eigenvalue weighted by atomic mass is 9.95. The molecule has 4 rings (SSSR count). The molecule has 2 atom stereocenters. The van der Waals surface area contributed by atoms with Gasteiger partial charge in [0.2, 0.25) is 0 Å². The minimum atomic E-state index is -0.328. The van der Waals surface area contributed by atoms with Crippen molar-refractivity contribution in [3.8, 4) is 5.75 Å². The van der Waals surface area contributed by atoms with Crippen LogP contribution in [0.3, 0.4) is 0 Å². The molecule has 0 aliphatic carbocycles. The Morgan fingerprint density at radius 1 is 1.08 bits per heavy atom. The summed E-state index contributed by atoms with van der Waals surface area (Å²) in [4.78, 5) is 3.99. The molecule has 0 saturated carbocycles. The van der Waals surface area contributed by atoms with Gasteiger partial charge in [0, 0.05) is 24.2 Å². The number of rotatable bonds is 4. The van der Waals surface area contributed by atoms with E-state index in [2.05, 4.69) is 28.5 Å². The highest BCUT2D eigenvalue weighted by molar-refractivity contribution is 5.83. The van der Waals surface area contributed by atoms with Crippen LogP contribution < -0.4 is 10.1 Å². The van der Waals surface area contributed by atoms with Crippen molar-refractivity contribution in [2.45, 2.75) is 12.5 Å². The SMILES string of the molecule is Fc1cncc([C@H](Oc2ccc3ccccc3c2)[C@H]2CCNC2)c1. The Kier molecular flexibility index (Phi) is 4.13. The topological polar surface area (TPSA) is 34.1 Å². The van der Waals surface area contributed by atoms with Crippen LogP contribution in [0, 0.1) is 11.7 Å². The van der Waals surface area contributed by atoms with Crippen molar-refractivity contribution in [1.29, 1.82) is 0 Å². The Labute approximate surface area is 140 Å². The van der Waals surface area contributed by atoms with Crippen LogP contribution in [0.15, 0.2) is 60.9 Å². The van der Waals surface area contributed by atoms with E-state index in [1.807, 2.05) is 24.3 Å². The average molecular weight is 322 g/mol. The van der Waals surface area contributed by atoms with Gasteiger partial charge >= 0.3 is 0 Å². The second-order valence-corrected chi connectivity index (χ2v) is 6.24. The Morgan fingerprint density at radius 3 is 2.75 bits per heavy atom. The van der Waals surface area contributed by atoms with Gasteiger partial charge in [0.25, 0.3) is 0 Å². The van der Waals surface area contributed by atoms with Gasteiger partial charge in [-0.05, 0) is 41.9 Å². The molecule has 3 nitrogen and oxygen atoms in total. The number of ether oxygens (including phenoxy) is 1. The second kappa shape index (κ2) is 6.57. The molecule has 0 bridgehead atoms. The zero-order valence-corrected chi connectivity index (χ0v) is 13.3. The molecular formula is C20H19FN2O. The summed E-state index contributed by atoms with van der Waals surface area (Å²) in [6, 6.07) is 15.8. The summed E-state index contributed by atoms with van der Waals surface area (Å²) in [5, 5.41) is 5.67. The minimum absolute atomic E-state index is 0.204. The van der Waals surface area contributed by atoms with Gasteiger partial charge in [-0.3, -0.25) is 4.98 Å². The number of benzene rings is 2. The van der Waals surface area contributed by atoms with Gasteiger partial charge in [-0.1, -0.05) is 30.3 Å². The number of nitrogens with one attached hydrogen (secondary N) is 1. The average Bonchev–Trinajstić information content (AvgIpc) is 3.14. The molecule has 1 saturated heterocycles. The fraction of sp³-hybridized carbons (Fsp3) is 0.250. The molecule has 0 amide bonds. The Hall–Kier alpha value is -2.46. The van der Waals surface area contributed by atoms with E-state index in [9.17, 15) is 4.39 Å². The van der Waals surface area contributed by atoms with Crippen molar-refractivity contribution in [1.82, 2.24) is 10.3 Å². The van der Waals surface area contributed by atoms with E-state index in [4.69, 9.17) is 4.74 Å². The van der Waals surface area contributed by atoms with Crippen molar-refractivity contribution < 1.29 is 9.13 Å². The molecule has 2 aromatic carbocycles. The second-order valence-electron chi connectivity index (χ2n) is 6.24. The summed E-state index contributed by atoms with van der Waals surface area (Å²) in [6.07, 6.45) is 3.73. The molecule has 0 radical (unpaired) electrons. The predicted octanol–water partition coefficient (Wildman–Crippen LogP) is 4.10. The summed E-state index contributed by atoms with van der Waals surface area (Å²) < 4.78 is 19.9. The third-order valence-corrected chi connectivity index (χ3v) is 4.57. The normalized spacial score (nSPS) is 18.6. The van der Waals surface area contributed by atoms with Gasteiger partial charge in [-0.25, -0.2) is 4.39 Å². The summed E-state index contributed by atoms with van der Waals surface area (Å²) in [7, 11) is 0. The lowest BCUT2D eigenvalue weighted by molar-refractivity contribution is 0.144. The third kappa shape index (κ3) is 3.10. The first-order valence-corrected chi connectivity index (χ1v) is 8.26. The highest BCUT2D eigenvalue weighted by Gasteiger charge is 2.28. The first kappa shape index (κ1) is 15.1. The van der Waals surface area contributed by atoms with E-state index in [1.165, 1.54) is 17.6 Å². The van der Waals surface area contributed by atoms with E-state index >= 15 is 0 Å². The molecule has 3 aromatic rings. The lowest BCUT2D eigenvalue weighted by Gasteiger charge is -2.25. The molecule has 1 fully saturated rings. The van der Waals surface area contributed by atoms with E-state index in [0.29, 0.717) is 5.92 Å². The molecular weight excluding hydrogens is 303 g/mol. The van der Waals surface area contributed by atoms with Crippen molar-refractivity contribution in [3.63, 3.8) is 0 Å². The van der Waals surface area contributed by atoms with Crippen LogP contribution in [-0.4, -0.2) is 18.1 Å².